The van der Waals surface area contributed by atoms with E-state index in [4.69, 9.17) is 4.74 Å². The molecule has 0 saturated carbocycles. The smallest absolute Gasteiger partial charge is 0.120 e. The monoisotopic (exact) mass is 206 g/mol. The molecule has 0 aromatic heterocycles. The third-order valence-electron chi connectivity index (χ3n) is 2.46. The van der Waals surface area contributed by atoms with Crippen molar-refractivity contribution >= 4 is 6.29 Å². The van der Waals surface area contributed by atoms with Crippen LogP contribution in [0.15, 0.2) is 30.3 Å². The van der Waals surface area contributed by atoms with Gasteiger partial charge in [-0.2, -0.15) is 0 Å². The highest BCUT2D eigenvalue weighted by molar-refractivity contribution is 5.49. The number of hydrogen-bond acceptors (Lipinski definition) is 2. The van der Waals surface area contributed by atoms with Gasteiger partial charge in [0.25, 0.3) is 0 Å². The number of ether oxygens (including phenoxy) is 1. The normalized spacial score (nSPS) is 12.3. The molecule has 1 aromatic rings. The van der Waals surface area contributed by atoms with Gasteiger partial charge in [0.1, 0.15) is 6.29 Å². The Hall–Kier alpha value is -1.15. The van der Waals surface area contributed by atoms with Gasteiger partial charge in [0.2, 0.25) is 0 Å². The maximum Gasteiger partial charge on any atom is 0.120 e. The van der Waals surface area contributed by atoms with Gasteiger partial charge in [0.05, 0.1) is 0 Å². The summed E-state index contributed by atoms with van der Waals surface area (Å²) < 4.78 is 5.16. The van der Waals surface area contributed by atoms with Crippen LogP contribution in [-0.2, 0) is 16.0 Å². The molecule has 15 heavy (non-hydrogen) atoms. The molecule has 0 N–H and O–H groups in total. The van der Waals surface area contributed by atoms with E-state index in [1.807, 2.05) is 18.2 Å². The lowest BCUT2D eigenvalue weighted by molar-refractivity contribution is -0.108. The van der Waals surface area contributed by atoms with Gasteiger partial charge in [0, 0.05) is 20.1 Å². The molecule has 2 heteroatoms. The summed E-state index contributed by atoms with van der Waals surface area (Å²) in [4.78, 5) is 10.3. The van der Waals surface area contributed by atoms with E-state index in [1.54, 1.807) is 7.11 Å². The van der Waals surface area contributed by atoms with E-state index in [1.165, 1.54) is 5.56 Å². The van der Waals surface area contributed by atoms with Gasteiger partial charge in [-0.15, -0.1) is 0 Å². The average molecular weight is 206 g/mol. The Balaban J connectivity index is 2.46. The van der Waals surface area contributed by atoms with E-state index in [2.05, 4.69) is 12.1 Å². The number of methoxy groups -OCH3 is 1. The molecule has 0 saturated heterocycles. The zero-order chi connectivity index (χ0) is 10.9. The minimum Gasteiger partial charge on any atom is -0.384 e. The predicted octanol–water partition coefficient (Wildman–Crippen LogP) is 2.47. The third kappa shape index (κ3) is 4.75. The topological polar surface area (TPSA) is 26.3 Å². The van der Waals surface area contributed by atoms with Crippen molar-refractivity contribution in [2.45, 2.75) is 19.3 Å². The summed E-state index contributed by atoms with van der Waals surface area (Å²) in [7, 11) is 1.71. The first kappa shape index (κ1) is 11.9. The lowest BCUT2D eigenvalue weighted by Crippen LogP contribution is -2.11. The summed E-state index contributed by atoms with van der Waals surface area (Å²) in [6, 6.07) is 10.3. The first-order valence-corrected chi connectivity index (χ1v) is 5.33. The van der Waals surface area contributed by atoms with Crippen molar-refractivity contribution in [2.75, 3.05) is 13.7 Å². The van der Waals surface area contributed by atoms with Gasteiger partial charge < -0.3 is 9.53 Å². The standard InChI is InChI=1S/C13H18O2/c1-15-11-13(8-5-9-14)10-12-6-3-2-4-7-12/h2-4,6-7,9,13H,5,8,10-11H2,1H3. The molecule has 0 spiro atoms. The second-order valence-electron chi connectivity index (χ2n) is 3.76. The second kappa shape index (κ2) is 7.18. The number of carbonyl (C=O) groups excluding carboxylic acids is 1. The van der Waals surface area contributed by atoms with E-state index < -0.39 is 0 Å². The maximum atomic E-state index is 10.3. The highest BCUT2D eigenvalue weighted by Crippen LogP contribution is 2.13. The van der Waals surface area contributed by atoms with Crippen molar-refractivity contribution in [3.63, 3.8) is 0 Å². The van der Waals surface area contributed by atoms with E-state index in [0.29, 0.717) is 12.3 Å². The molecule has 0 aliphatic heterocycles. The van der Waals surface area contributed by atoms with Crippen LogP contribution >= 0.6 is 0 Å². The van der Waals surface area contributed by atoms with Crippen LogP contribution in [0, 0.1) is 5.92 Å². The fourth-order valence-corrected chi connectivity index (χ4v) is 1.73. The lowest BCUT2D eigenvalue weighted by Gasteiger charge is -2.14. The number of hydrogen-bond donors (Lipinski definition) is 0. The molecule has 2 nitrogen and oxygen atoms in total. The van der Waals surface area contributed by atoms with Gasteiger partial charge in [0.15, 0.2) is 0 Å². The summed E-state index contributed by atoms with van der Waals surface area (Å²) >= 11 is 0. The van der Waals surface area contributed by atoms with Gasteiger partial charge in [-0.05, 0) is 24.3 Å². The summed E-state index contributed by atoms with van der Waals surface area (Å²) in [5.41, 5.74) is 1.31. The Kier molecular flexibility index (Phi) is 5.71. The SMILES string of the molecule is COCC(CCC=O)Cc1ccccc1. The molecule has 0 amide bonds. The summed E-state index contributed by atoms with van der Waals surface area (Å²) in [5.74, 6) is 0.447. The first-order chi connectivity index (χ1) is 7.36. The van der Waals surface area contributed by atoms with Crippen molar-refractivity contribution in [3.05, 3.63) is 35.9 Å². The Bertz CT molecular complexity index is 269. The highest BCUT2D eigenvalue weighted by Gasteiger charge is 2.08. The molecule has 0 heterocycles. The third-order valence-corrected chi connectivity index (χ3v) is 2.46. The molecule has 0 aliphatic rings. The van der Waals surface area contributed by atoms with Crippen molar-refractivity contribution in [1.82, 2.24) is 0 Å². The zero-order valence-corrected chi connectivity index (χ0v) is 9.19. The number of rotatable bonds is 7. The molecule has 82 valence electrons. The Morgan fingerprint density at radius 2 is 2.07 bits per heavy atom. The Morgan fingerprint density at radius 1 is 1.33 bits per heavy atom. The summed E-state index contributed by atoms with van der Waals surface area (Å²) in [5, 5.41) is 0. The number of benzene rings is 1. The number of aldehydes is 1. The fourth-order valence-electron chi connectivity index (χ4n) is 1.73. The predicted molar refractivity (Wildman–Crippen MR) is 60.8 cm³/mol. The average Bonchev–Trinajstić information content (AvgIpc) is 2.28. The van der Waals surface area contributed by atoms with Crippen molar-refractivity contribution < 1.29 is 9.53 Å². The molecule has 1 aromatic carbocycles. The van der Waals surface area contributed by atoms with E-state index in [0.717, 1.165) is 25.7 Å². The maximum absolute atomic E-state index is 10.3. The van der Waals surface area contributed by atoms with Crippen LogP contribution in [0.3, 0.4) is 0 Å². The first-order valence-electron chi connectivity index (χ1n) is 5.33. The van der Waals surface area contributed by atoms with Gasteiger partial charge >= 0.3 is 0 Å². The zero-order valence-electron chi connectivity index (χ0n) is 9.19. The molecule has 1 atom stereocenters. The molecule has 0 aliphatic carbocycles. The molecule has 0 bridgehead atoms. The minimum absolute atomic E-state index is 0.447. The van der Waals surface area contributed by atoms with E-state index in [9.17, 15) is 4.79 Å². The van der Waals surface area contributed by atoms with Gasteiger partial charge in [-0.3, -0.25) is 0 Å². The molecule has 0 radical (unpaired) electrons. The van der Waals surface area contributed by atoms with E-state index >= 15 is 0 Å². The van der Waals surface area contributed by atoms with Crippen molar-refractivity contribution in [1.29, 1.82) is 0 Å². The van der Waals surface area contributed by atoms with Crippen LogP contribution in [0.2, 0.25) is 0 Å². The van der Waals surface area contributed by atoms with Crippen LogP contribution in [0.5, 0.6) is 0 Å². The second-order valence-corrected chi connectivity index (χ2v) is 3.76. The summed E-state index contributed by atoms with van der Waals surface area (Å²) in [6.45, 7) is 0.725. The summed E-state index contributed by atoms with van der Waals surface area (Å²) in [6.07, 6.45) is 3.50. The van der Waals surface area contributed by atoms with Crippen LogP contribution < -0.4 is 0 Å². The largest absolute Gasteiger partial charge is 0.384 e. The lowest BCUT2D eigenvalue weighted by atomic mass is 9.96. The Labute approximate surface area is 91.3 Å². The fraction of sp³-hybridized carbons (Fsp3) is 0.462. The van der Waals surface area contributed by atoms with Gasteiger partial charge in [-0.1, -0.05) is 30.3 Å². The van der Waals surface area contributed by atoms with Crippen molar-refractivity contribution in [2.24, 2.45) is 5.92 Å². The highest BCUT2D eigenvalue weighted by atomic mass is 16.5. The molecule has 1 rings (SSSR count). The Morgan fingerprint density at radius 3 is 2.67 bits per heavy atom. The van der Waals surface area contributed by atoms with Crippen LogP contribution in [-0.4, -0.2) is 20.0 Å². The number of carbonyl (C=O) groups is 1. The van der Waals surface area contributed by atoms with Crippen LogP contribution in [0.4, 0.5) is 0 Å². The van der Waals surface area contributed by atoms with Crippen LogP contribution in [0.1, 0.15) is 18.4 Å². The molecule has 1 unspecified atom stereocenters. The van der Waals surface area contributed by atoms with Crippen molar-refractivity contribution in [3.8, 4) is 0 Å². The van der Waals surface area contributed by atoms with Crippen LogP contribution in [0.25, 0.3) is 0 Å². The van der Waals surface area contributed by atoms with E-state index in [-0.39, 0.29) is 0 Å². The molecule has 0 fully saturated rings. The van der Waals surface area contributed by atoms with Gasteiger partial charge in [-0.25, -0.2) is 0 Å². The quantitative estimate of drug-likeness (QED) is 0.641. The molecular weight excluding hydrogens is 188 g/mol. The molecular formula is C13H18O2. The minimum atomic E-state index is 0.447.